The first-order valence-electron chi connectivity index (χ1n) is 14.5. The molecule has 3 aromatic carbocycles. The van der Waals surface area contributed by atoms with Crippen LogP contribution in [0.25, 0.3) is 16.5 Å². The Kier molecular flexibility index (Phi) is 19.1. The number of benzene rings is 3. The van der Waals surface area contributed by atoms with Gasteiger partial charge in [-0.3, -0.25) is 5.10 Å². The molecule has 0 radical (unpaired) electrons. The number of hydrogen-bond donors (Lipinski definition) is 1. The van der Waals surface area contributed by atoms with Crippen molar-refractivity contribution in [1.82, 2.24) is 10.2 Å². The number of H-pyrrole nitrogens is 1. The molecule has 1 aromatic heterocycles. The first kappa shape index (κ1) is 37.2. The number of aromatic amines is 1. The molecule has 1 atom stereocenters. The number of alkyl halides is 1. The van der Waals surface area contributed by atoms with Crippen molar-refractivity contribution in [2.75, 3.05) is 0 Å². The van der Waals surface area contributed by atoms with E-state index in [1.807, 2.05) is 90.2 Å². The van der Waals surface area contributed by atoms with Crippen molar-refractivity contribution in [1.29, 1.82) is 0 Å². The van der Waals surface area contributed by atoms with Gasteiger partial charge in [-0.05, 0) is 98.5 Å². The molecule has 222 valence electrons. The molecule has 1 heterocycles. The van der Waals surface area contributed by atoms with E-state index < -0.39 is 6.17 Å². The average Bonchev–Trinajstić information content (AvgIpc) is 3.47. The molecule has 4 heteroatoms. The smallest absolute Gasteiger partial charge is 0.126 e. The molecule has 0 saturated heterocycles. The number of hydrogen-bond acceptors (Lipinski definition) is 1. The Labute approximate surface area is 247 Å². The van der Waals surface area contributed by atoms with Gasteiger partial charge in [-0.15, -0.1) is 13.2 Å². The Morgan fingerprint density at radius 1 is 0.951 bits per heavy atom. The van der Waals surface area contributed by atoms with Crippen LogP contribution in [0.5, 0.6) is 0 Å². The van der Waals surface area contributed by atoms with Gasteiger partial charge in [0.2, 0.25) is 0 Å². The second-order valence-electron chi connectivity index (χ2n) is 9.03. The highest BCUT2D eigenvalue weighted by molar-refractivity contribution is 5.78. The summed E-state index contributed by atoms with van der Waals surface area (Å²) < 4.78 is 27.0. The minimum atomic E-state index is -0.919. The minimum Gasteiger partial charge on any atom is -0.278 e. The topological polar surface area (TPSA) is 28.7 Å². The lowest BCUT2D eigenvalue weighted by Gasteiger charge is -2.07. The van der Waals surface area contributed by atoms with Crippen molar-refractivity contribution in [3.8, 4) is 0 Å². The highest BCUT2D eigenvalue weighted by atomic mass is 19.1. The molecule has 1 N–H and O–H groups in total. The second-order valence-corrected chi connectivity index (χ2v) is 9.03. The summed E-state index contributed by atoms with van der Waals surface area (Å²) in [4.78, 5) is 0. The summed E-state index contributed by atoms with van der Waals surface area (Å²) in [6.07, 6.45) is 8.87. The van der Waals surface area contributed by atoms with Crippen LogP contribution in [-0.2, 0) is 6.42 Å². The van der Waals surface area contributed by atoms with Gasteiger partial charge in [0.15, 0.2) is 0 Å². The highest BCUT2D eigenvalue weighted by Gasteiger charge is 2.05. The van der Waals surface area contributed by atoms with Crippen LogP contribution in [0.15, 0.2) is 92.2 Å². The number of aryl methyl sites for hydroxylation is 3. The lowest BCUT2D eigenvalue weighted by molar-refractivity contribution is 0.374. The van der Waals surface area contributed by atoms with Gasteiger partial charge in [0.1, 0.15) is 12.0 Å². The van der Waals surface area contributed by atoms with Crippen LogP contribution in [0.4, 0.5) is 8.78 Å². The molecule has 0 saturated carbocycles. The van der Waals surface area contributed by atoms with E-state index in [4.69, 9.17) is 0 Å². The van der Waals surface area contributed by atoms with Gasteiger partial charge < -0.3 is 0 Å². The Bertz CT molecular complexity index is 1310. The number of aromatic nitrogens is 2. The van der Waals surface area contributed by atoms with E-state index in [0.717, 1.165) is 40.6 Å². The molecular formula is C37H50F2N2. The monoisotopic (exact) mass is 560 g/mol. The molecule has 0 spiro atoms. The number of rotatable bonds is 6. The molecule has 2 nitrogen and oxygen atoms in total. The Morgan fingerprint density at radius 2 is 1.59 bits per heavy atom. The Balaban J connectivity index is 0.000000823. The highest BCUT2D eigenvalue weighted by Crippen LogP contribution is 2.21. The summed E-state index contributed by atoms with van der Waals surface area (Å²) in [6, 6.07) is 17.5. The van der Waals surface area contributed by atoms with Crippen molar-refractivity contribution >= 4 is 16.5 Å². The summed E-state index contributed by atoms with van der Waals surface area (Å²) in [7, 11) is 0. The minimum absolute atomic E-state index is 0.155. The second kappa shape index (κ2) is 21.0. The third-order valence-electron chi connectivity index (χ3n) is 6.18. The maximum atomic E-state index is 13.8. The molecule has 4 rings (SSSR count). The first-order valence-corrected chi connectivity index (χ1v) is 14.5. The number of nitrogens with one attached hydrogen (secondary N) is 1. The molecule has 0 aliphatic heterocycles. The summed E-state index contributed by atoms with van der Waals surface area (Å²) in [6.45, 7) is 23.3. The van der Waals surface area contributed by atoms with Crippen LogP contribution >= 0.6 is 0 Å². The number of halogens is 2. The molecule has 4 aromatic rings. The fourth-order valence-corrected chi connectivity index (χ4v) is 3.70. The summed E-state index contributed by atoms with van der Waals surface area (Å²) >= 11 is 0. The van der Waals surface area contributed by atoms with Crippen molar-refractivity contribution in [3.05, 3.63) is 131 Å². The van der Waals surface area contributed by atoms with Crippen LogP contribution in [0, 0.1) is 26.6 Å². The SMILES string of the molecule is C/C(=C\C=C/CCc1ccc(C(C)F)cc1)c1cc(C)c(C)c(F)c1.C=C.CC.CC.Cc1ccc2cn[nH]c2c1. The van der Waals surface area contributed by atoms with E-state index >= 15 is 0 Å². The lowest BCUT2D eigenvalue weighted by Crippen LogP contribution is -1.91. The first-order chi connectivity index (χ1) is 19.7. The molecule has 0 aliphatic carbocycles. The van der Waals surface area contributed by atoms with E-state index in [1.165, 1.54) is 16.5 Å². The van der Waals surface area contributed by atoms with E-state index in [-0.39, 0.29) is 5.82 Å². The largest absolute Gasteiger partial charge is 0.278 e. The van der Waals surface area contributed by atoms with Crippen LogP contribution in [-0.4, -0.2) is 10.2 Å². The number of allylic oxidation sites excluding steroid dienone is 4. The van der Waals surface area contributed by atoms with Crippen LogP contribution < -0.4 is 0 Å². The quantitative estimate of drug-likeness (QED) is 0.184. The van der Waals surface area contributed by atoms with Gasteiger partial charge in [-0.1, -0.05) is 88.4 Å². The number of nitrogens with zero attached hydrogens (tertiary/aromatic N) is 1. The van der Waals surface area contributed by atoms with Gasteiger partial charge in [0.25, 0.3) is 0 Å². The molecule has 0 bridgehead atoms. The summed E-state index contributed by atoms with van der Waals surface area (Å²) in [5.41, 5.74) is 7.93. The standard InChI is InChI=1S/C23H26F2.C8H8N2.2C2H6.C2H4/c1-16(22-14-17(2)18(3)23(25)15-22)8-6-5-7-9-20-10-12-21(13-11-20)19(4)24;1-6-2-3-7-5-9-10-8(7)4-6;3*1-2/h5-6,8,10-15,19H,7,9H2,1-4H3;2-5H,1H3,(H,9,10);2*1-2H3;1-2H2/b6-5-,16-8+;;;;. The zero-order valence-electron chi connectivity index (χ0n) is 26.6. The molecule has 0 aliphatic rings. The summed E-state index contributed by atoms with van der Waals surface area (Å²) in [5.74, 6) is -0.155. The van der Waals surface area contributed by atoms with E-state index in [2.05, 4.69) is 54.6 Å². The van der Waals surface area contributed by atoms with Crippen molar-refractivity contribution in [3.63, 3.8) is 0 Å². The summed E-state index contributed by atoms with van der Waals surface area (Å²) in [5, 5.41) is 8.00. The molecule has 0 amide bonds. The van der Waals surface area contributed by atoms with Gasteiger partial charge in [-0.2, -0.15) is 5.10 Å². The Morgan fingerprint density at radius 3 is 2.17 bits per heavy atom. The predicted molar refractivity (Wildman–Crippen MR) is 178 cm³/mol. The van der Waals surface area contributed by atoms with Gasteiger partial charge in [0, 0.05) is 5.39 Å². The third-order valence-corrected chi connectivity index (χ3v) is 6.18. The van der Waals surface area contributed by atoms with E-state index in [9.17, 15) is 8.78 Å². The van der Waals surface area contributed by atoms with Gasteiger partial charge >= 0.3 is 0 Å². The van der Waals surface area contributed by atoms with Crippen molar-refractivity contribution in [2.24, 2.45) is 0 Å². The fraction of sp³-hybridized carbons (Fsp3) is 0.324. The molecule has 0 fully saturated rings. The van der Waals surface area contributed by atoms with Gasteiger partial charge in [-0.25, -0.2) is 8.78 Å². The molecular weight excluding hydrogens is 510 g/mol. The Hall–Kier alpha value is -3.79. The van der Waals surface area contributed by atoms with Crippen LogP contribution in [0.2, 0.25) is 0 Å². The lowest BCUT2D eigenvalue weighted by atomic mass is 10.0. The van der Waals surface area contributed by atoms with Crippen LogP contribution in [0.3, 0.4) is 0 Å². The van der Waals surface area contributed by atoms with Gasteiger partial charge in [0.05, 0.1) is 11.7 Å². The van der Waals surface area contributed by atoms with Crippen molar-refractivity contribution in [2.45, 2.75) is 81.3 Å². The maximum absolute atomic E-state index is 13.8. The average molecular weight is 561 g/mol. The normalized spacial score (nSPS) is 11.1. The zero-order valence-corrected chi connectivity index (χ0v) is 26.6. The molecule has 1 unspecified atom stereocenters. The fourth-order valence-electron chi connectivity index (χ4n) is 3.70. The van der Waals surface area contributed by atoms with Crippen molar-refractivity contribution < 1.29 is 8.78 Å². The van der Waals surface area contributed by atoms with E-state index in [0.29, 0.717) is 5.56 Å². The number of fused-ring (bicyclic) bond motifs is 1. The predicted octanol–water partition coefficient (Wildman–Crippen LogP) is 11.8. The maximum Gasteiger partial charge on any atom is 0.126 e. The zero-order chi connectivity index (χ0) is 31.4. The molecule has 41 heavy (non-hydrogen) atoms. The van der Waals surface area contributed by atoms with Crippen LogP contribution in [0.1, 0.15) is 87.5 Å². The third kappa shape index (κ3) is 12.9. The van der Waals surface area contributed by atoms with E-state index in [1.54, 1.807) is 19.9 Å².